The van der Waals surface area contributed by atoms with Crippen LogP contribution in [0.1, 0.15) is 39.5 Å². The number of urea groups is 1. The van der Waals surface area contributed by atoms with Gasteiger partial charge in [-0.15, -0.1) is 0 Å². The summed E-state index contributed by atoms with van der Waals surface area (Å²) in [6.45, 7) is 5.02. The lowest BCUT2D eigenvalue weighted by Crippen LogP contribution is -2.27. The van der Waals surface area contributed by atoms with Gasteiger partial charge in [0, 0.05) is 24.2 Å². The minimum Gasteiger partial charge on any atom is -0.304 e. The molecule has 188 valence electrons. The summed E-state index contributed by atoms with van der Waals surface area (Å²) in [5.74, 6) is 0.771. The molecule has 0 aliphatic rings. The molecule has 2 amide bonds. The highest BCUT2D eigenvalue weighted by Crippen LogP contribution is 2.28. The second kappa shape index (κ2) is 11.4. The lowest BCUT2D eigenvalue weighted by Gasteiger charge is -2.14. The van der Waals surface area contributed by atoms with Crippen LogP contribution in [0.15, 0.2) is 70.3 Å². The third kappa shape index (κ3) is 5.35. The Labute approximate surface area is 209 Å². The molecule has 0 aliphatic carbocycles. The Morgan fingerprint density at radius 3 is 1.44 bits per heavy atom. The first-order valence-electron chi connectivity index (χ1n) is 12.4. The molecule has 0 fully saturated rings. The van der Waals surface area contributed by atoms with Gasteiger partial charge in [0.2, 0.25) is 0 Å². The SMILES string of the molecule is CCCCn1c(NC(=O)Nc2c(-c3ccccc3)[nH]c(=O)n2CCCC)c(-c2ccccc2)[nH]c1=O. The van der Waals surface area contributed by atoms with E-state index >= 15 is 0 Å². The molecule has 0 saturated heterocycles. The van der Waals surface area contributed by atoms with Crippen LogP contribution in [0, 0.1) is 0 Å². The van der Waals surface area contributed by atoms with Crippen molar-refractivity contribution in [2.75, 3.05) is 10.6 Å². The summed E-state index contributed by atoms with van der Waals surface area (Å²) in [5.41, 5.74) is 2.06. The van der Waals surface area contributed by atoms with E-state index in [0.717, 1.165) is 36.8 Å². The van der Waals surface area contributed by atoms with E-state index in [1.165, 1.54) is 0 Å². The predicted molar refractivity (Wildman–Crippen MR) is 143 cm³/mol. The van der Waals surface area contributed by atoms with Crippen LogP contribution >= 0.6 is 0 Å². The molecule has 2 aromatic heterocycles. The first-order chi connectivity index (χ1) is 17.5. The molecule has 0 radical (unpaired) electrons. The van der Waals surface area contributed by atoms with Crippen molar-refractivity contribution in [1.82, 2.24) is 19.1 Å². The highest BCUT2D eigenvalue weighted by Gasteiger charge is 2.21. The summed E-state index contributed by atoms with van der Waals surface area (Å²) in [5, 5.41) is 5.76. The van der Waals surface area contributed by atoms with Crippen molar-refractivity contribution >= 4 is 17.7 Å². The second-order valence-corrected chi connectivity index (χ2v) is 8.63. The zero-order valence-corrected chi connectivity index (χ0v) is 20.6. The third-order valence-electron chi connectivity index (χ3n) is 6.03. The molecule has 0 atom stereocenters. The molecule has 0 bridgehead atoms. The maximum absolute atomic E-state index is 13.3. The average Bonchev–Trinajstić information content (AvgIpc) is 3.37. The van der Waals surface area contributed by atoms with Gasteiger partial charge in [0.15, 0.2) is 0 Å². The van der Waals surface area contributed by atoms with Crippen molar-refractivity contribution in [3.05, 3.63) is 81.6 Å². The van der Waals surface area contributed by atoms with Crippen LogP contribution in [-0.2, 0) is 13.1 Å². The standard InChI is InChI=1S/C27H32N6O3/c1-3-5-17-32-23(21(28-26(32)35)19-13-9-7-10-14-19)30-25(34)31-24-22(20-15-11-8-12-16-20)29-27(36)33(24)18-6-4-2/h7-16H,3-6,17-18H2,1-2H3,(H,28,35)(H,29,36)(H2,30,31,34). The molecule has 0 spiro atoms. The van der Waals surface area contributed by atoms with Crippen LogP contribution in [0.25, 0.3) is 22.5 Å². The van der Waals surface area contributed by atoms with Crippen molar-refractivity contribution in [2.24, 2.45) is 0 Å². The number of nitrogens with zero attached hydrogens (tertiary/aromatic N) is 2. The fourth-order valence-corrected chi connectivity index (χ4v) is 4.13. The van der Waals surface area contributed by atoms with Crippen molar-refractivity contribution < 1.29 is 4.79 Å². The van der Waals surface area contributed by atoms with Gasteiger partial charge < -0.3 is 9.97 Å². The van der Waals surface area contributed by atoms with Gasteiger partial charge in [-0.25, -0.2) is 14.4 Å². The molecule has 0 unspecified atom stereocenters. The van der Waals surface area contributed by atoms with Crippen molar-refractivity contribution in [3.8, 4) is 22.5 Å². The number of aromatic nitrogens is 4. The number of rotatable bonds is 10. The minimum atomic E-state index is -0.544. The molecule has 2 aromatic carbocycles. The number of nitrogens with one attached hydrogen (secondary N) is 4. The summed E-state index contributed by atoms with van der Waals surface area (Å²) in [7, 11) is 0. The molecule has 4 N–H and O–H groups in total. The highest BCUT2D eigenvalue weighted by molar-refractivity contribution is 6.02. The quantitative estimate of drug-likeness (QED) is 0.244. The van der Waals surface area contributed by atoms with Gasteiger partial charge in [0.05, 0.1) is 11.4 Å². The topological polar surface area (TPSA) is 117 Å². The number of amides is 2. The van der Waals surface area contributed by atoms with Crippen LogP contribution in [0.5, 0.6) is 0 Å². The number of hydrogen-bond donors (Lipinski definition) is 4. The summed E-state index contributed by atoms with van der Waals surface area (Å²) in [6, 6.07) is 18.2. The smallest absolute Gasteiger partial charge is 0.304 e. The Kier molecular flexibility index (Phi) is 7.89. The molecule has 4 rings (SSSR count). The number of carbonyl (C=O) groups excluding carboxylic acids is 1. The van der Waals surface area contributed by atoms with Crippen LogP contribution in [-0.4, -0.2) is 25.1 Å². The average molecular weight is 489 g/mol. The van der Waals surface area contributed by atoms with E-state index in [0.29, 0.717) is 36.1 Å². The molecule has 0 aliphatic heterocycles. The first kappa shape index (κ1) is 24.8. The maximum atomic E-state index is 13.3. The molecule has 0 saturated carbocycles. The molecule has 9 heteroatoms. The summed E-state index contributed by atoms with van der Waals surface area (Å²) >= 11 is 0. The van der Waals surface area contributed by atoms with Gasteiger partial charge in [-0.2, -0.15) is 0 Å². The fraction of sp³-hybridized carbons (Fsp3) is 0.296. The Hall–Kier alpha value is -4.27. The normalized spacial score (nSPS) is 10.9. The summed E-state index contributed by atoms with van der Waals surface area (Å²) in [6.07, 6.45) is 3.37. The molecule has 4 aromatic rings. The zero-order chi connectivity index (χ0) is 25.5. The Balaban J connectivity index is 1.71. The lowest BCUT2D eigenvalue weighted by atomic mass is 10.1. The fourth-order valence-electron chi connectivity index (χ4n) is 4.13. The Bertz CT molecular complexity index is 1310. The van der Waals surface area contributed by atoms with Gasteiger partial charge in [0.25, 0.3) is 0 Å². The van der Waals surface area contributed by atoms with E-state index in [-0.39, 0.29) is 11.4 Å². The van der Waals surface area contributed by atoms with Gasteiger partial charge in [-0.1, -0.05) is 87.4 Å². The van der Waals surface area contributed by atoms with E-state index in [1.807, 2.05) is 74.5 Å². The number of benzene rings is 2. The number of aromatic amines is 2. The number of unbranched alkanes of at least 4 members (excludes halogenated alkanes) is 2. The zero-order valence-electron chi connectivity index (χ0n) is 20.6. The number of hydrogen-bond acceptors (Lipinski definition) is 3. The van der Waals surface area contributed by atoms with Crippen LogP contribution in [0.3, 0.4) is 0 Å². The van der Waals surface area contributed by atoms with Gasteiger partial charge >= 0.3 is 17.4 Å². The van der Waals surface area contributed by atoms with E-state index in [1.54, 1.807) is 9.13 Å². The molecule has 36 heavy (non-hydrogen) atoms. The van der Waals surface area contributed by atoms with E-state index in [4.69, 9.17) is 0 Å². The molecule has 9 nitrogen and oxygen atoms in total. The van der Waals surface area contributed by atoms with E-state index < -0.39 is 6.03 Å². The monoisotopic (exact) mass is 488 g/mol. The van der Waals surface area contributed by atoms with E-state index in [9.17, 15) is 14.4 Å². The van der Waals surface area contributed by atoms with Gasteiger partial charge in [0.1, 0.15) is 11.6 Å². The minimum absolute atomic E-state index is 0.288. The van der Waals surface area contributed by atoms with Gasteiger partial charge in [-0.05, 0) is 12.8 Å². The van der Waals surface area contributed by atoms with Gasteiger partial charge in [-0.3, -0.25) is 19.8 Å². The number of imidazole rings is 2. The third-order valence-corrected chi connectivity index (χ3v) is 6.03. The largest absolute Gasteiger partial charge is 0.327 e. The van der Waals surface area contributed by atoms with Crippen LogP contribution in [0.4, 0.5) is 16.4 Å². The molecule has 2 heterocycles. The number of anilines is 2. The number of carbonyl (C=O) groups is 1. The first-order valence-corrected chi connectivity index (χ1v) is 12.4. The van der Waals surface area contributed by atoms with Crippen molar-refractivity contribution in [1.29, 1.82) is 0 Å². The van der Waals surface area contributed by atoms with Crippen molar-refractivity contribution in [2.45, 2.75) is 52.6 Å². The molecular formula is C27H32N6O3. The summed E-state index contributed by atoms with van der Waals surface area (Å²) < 4.78 is 3.09. The second-order valence-electron chi connectivity index (χ2n) is 8.63. The van der Waals surface area contributed by atoms with Crippen LogP contribution in [0.2, 0.25) is 0 Å². The number of H-pyrrole nitrogens is 2. The van der Waals surface area contributed by atoms with Crippen LogP contribution < -0.4 is 22.0 Å². The van der Waals surface area contributed by atoms with E-state index in [2.05, 4.69) is 20.6 Å². The lowest BCUT2D eigenvalue weighted by molar-refractivity contribution is 0.262. The highest BCUT2D eigenvalue weighted by atomic mass is 16.2. The predicted octanol–water partition coefficient (Wildman–Crippen LogP) is 5.24. The maximum Gasteiger partial charge on any atom is 0.327 e. The summed E-state index contributed by atoms with van der Waals surface area (Å²) in [4.78, 5) is 44.7. The molecular weight excluding hydrogens is 456 g/mol. The van der Waals surface area contributed by atoms with Crippen molar-refractivity contribution in [3.63, 3.8) is 0 Å². The Morgan fingerprint density at radius 1 is 0.694 bits per heavy atom. The Morgan fingerprint density at radius 2 is 1.08 bits per heavy atom.